The lowest BCUT2D eigenvalue weighted by Crippen LogP contribution is -2.00. The van der Waals surface area contributed by atoms with E-state index in [0.717, 1.165) is 27.9 Å². The topological polar surface area (TPSA) is 43.6 Å². The van der Waals surface area contributed by atoms with Crippen molar-refractivity contribution in [2.45, 2.75) is 0 Å². The van der Waals surface area contributed by atoms with Crippen molar-refractivity contribution < 1.29 is 0 Å². The van der Waals surface area contributed by atoms with Crippen molar-refractivity contribution in [1.82, 2.24) is 19.5 Å². The van der Waals surface area contributed by atoms with Crippen LogP contribution in [0.4, 0.5) is 0 Å². The number of hydrogen-bond acceptors (Lipinski definition) is 4. The Bertz CT molecular complexity index is 2090. The van der Waals surface area contributed by atoms with Crippen LogP contribution in [0.25, 0.3) is 71.1 Å². The predicted molar refractivity (Wildman–Crippen MR) is 166 cm³/mol. The van der Waals surface area contributed by atoms with Gasteiger partial charge < -0.3 is 4.57 Å². The van der Waals surface area contributed by atoms with Gasteiger partial charge in [0.2, 0.25) is 0 Å². The van der Waals surface area contributed by atoms with Gasteiger partial charge in [0.25, 0.3) is 0 Å². The molecule has 5 aromatic carbocycles. The Labute approximate surface area is 234 Å². The fourth-order valence-electron chi connectivity index (χ4n) is 5.39. The monoisotopic (exact) mass is 530 g/mol. The summed E-state index contributed by atoms with van der Waals surface area (Å²) in [6.07, 6.45) is 0. The molecule has 8 rings (SSSR count). The maximum Gasteiger partial charge on any atom is 0.164 e. The van der Waals surface area contributed by atoms with Crippen LogP contribution in [-0.4, -0.2) is 19.5 Å². The van der Waals surface area contributed by atoms with Crippen molar-refractivity contribution in [3.8, 4) is 39.9 Å². The molecule has 4 nitrogen and oxygen atoms in total. The van der Waals surface area contributed by atoms with Crippen LogP contribution in [0, 0.1) is 0 Å². The molecule has 8 aromatic rings. The van der Waals surface area contributed by atoms with Crippen LogP contribution in [-0.2, 0) is 0 Å². The lowest BCUT2D eigenvalue weighted by Gasteiger charge is -2.10. The van der Waals surface area contributed by atoms with E-state index in [-0.39, 0.29) is 0 Å². The fraction of sp³-hybridized carbons (Fsp3) is 0. The van der Waals surface area contributed by atoms with Crippen LogP contribution in [0.5, 0.6) is 0 Å². The molecular formula is C35H22N4S. The molecule has 0 saturated heterocycles. The molecule has 3 aromatic heterocycles. The molecule has 0 bridgehead atoms. The van der Waals surface area contributed by atoms with Gasteiger partial charge in [0.1, 0.15) is 0 Å². The summed E-state index contributed by atoms with van der Waals surface area (Å²) in [5.74, 6) is 1.98. The van der Waals surface area contributed by atoms with E-state index in [9.17, 15) is 0 Å². The lowest BCUT2D eigenvalue weighted by atomic mass is 10.1. The van der Waals surface area contributed by atoms with Gasteiger partial charge in [0.05, 0.1) is 15.7 Å². The first kappa shape index (κ1) is 22.8. The number of rotatable bonds is 4. The van der Waals surface area contributed by atoms with Crippen molar-refractivity contribution in [1.29, 1.82) is 0 Å². The number of aromatic nitrogens is 4. The van der Waals surface area contributed by atoms with Crippen LogP contribution in [0.15, 0.2) is 133 Å². The molecule has 0 radical (unpaired) electrons. The minimum atomic E-state index is 0.656. The van der Waals surface area contributed by atoms with Crippen molar-refractivity contribution in [2.75, 3.05) is 0 Å². The quantitative estimate of drug-likeness (QED) is 0.228. The first-order valence-corrected chi connectivity index (χ1v) is 14.0. The van der Waals surface area contributed by atoms with E-state index in [4.69, 9.17) is 15.0 Å². The Morgan fingerprint density at radius 3 is 1.68 bits per heavy atom. The molecule has 0 fully saturated rings. The van der Waals surface area contributed by atoms with E-state index in [1.54, 1.807) is 0 Å². The fourth-order valence-corrected chi connectivity index (χ4v) is 6.61. The summed E-state index contributed by atoms with van der Waals surface area (Å²) in [7, 11) is 0. The number of thiophene rings is 1. The maximum atomic E-state index is 4.97. The van der Waals surface area contributed by atoms with Crippen LogP contribution >= 0.6 is 11.3 Å². The van der Waals surface area contributed by atoms with Gasteiger partial charge in [-0.1, -0.05) is 109 Å². The van der Waals surface area contributed by atoms with E-state index in [2.05, 4.69) is 77.4 Å². The average molecular weight is 531 g/mol. The number of hydrogen-bond donors (Lipinski definition) is 0. The Hall–Kier alpha value is -5.13. The molecule has 0 saturated carbocycles. The zero-order valence-electron chi connectivity index (χ0n) is 21.4. The summed E-state index contributed by atoms with van der Waals surface area (Å²) in [5.41, 5.74) is 6.39. The van der Waals surface area contributed by atoms with Gasteiger partial charge in [-0.15, -0.1) is 11.3 Å². The second-order valence-corrected chi connectivity index (χ2v) is 10.8. The van der Waals surface area contributed by atoms with Crippen molar-refractivity contribution >= 4 is 42.5 Å². The molecule has 3 heterocycles. The number of fused-ring (bicyclic) bond motifs is 5. The third-order valence-electron chi connectivity index (χ3n) is 7.25. The zero-order chi connectivity index (χ0) is 26.5. The Morgan fingerprint density at radius 2 is 1.02 bits per heavy atom. The summed E-state index contributed by atoms with van der Waals surface area (Å²) >= 11 is 1.85. The summed E-state index contributed by atoms with van der Waals surface area (Å²) < 4.78 is 4.96. The standard InChI is InChI=1S/C35H22N4S/c1-4-12-23(13-5-1)33-36-34(24-14-6-2-7-15-24)38-35(37-33)25-20-21-27-29(22-25)39(26-16-8-3-9-17-26)31-28-18-10-11-19-30(28)40-32(27)31/h1-22H. The highest BCUT2D eigenvalue weighted by Crippen LogP contribution is 2.43. The van der Waals surface area contributed by atoms with Crippen LogP contribution in [0.1, 0.15) is 0 Å². The van der Waals surface area contributed by atoms with E-state index < -0.39 is 0 Å². The normalized spacial score (nSPS) is 11.5. The molecule has 40 heavy (non-hydrogen) atoms. The number of benzene rings is 5. The minimum Gasteiger partial charge on any atom is -0.308 e. The lowest BCUT2D eigenvalue weighted by molar-refractivity contribution is 1.07. The molecule has 0 amide bonds. The van der Waals surface area contributed by atoms with Crippen molar-refractivity contribution in [2.24, 2.45) is 0 Å². The molecule has 5 heteroatoms. The van der Waals surface area contributed by atoms with Gasteiger partial charge in [0.15, 0.2) is 17.5 Å². The molecule has 0 unspecified atom stereocenters. The van der Waals surface area contributed by atoms with Gasteiger partial charge >= 0.3 is 0 Å². The predicted octanol–water partition coefficient (Wildman–Crippen LogP) is 9.18. The van der Waals surface area contributed by atoms with Gasteiger partial charge in [-0.2, -0.15) is 0 Å². The van der Waals surface area contributed by atoms with Crippen LogP contribution in [0.2, 0.25) is 0 Å². The summed E-state index contributed by atoms with van der Waals surface area (Å²) in [6.45, 7) is 0. The zero-order valence-corrected chi connectivity index (χ0v) is 22.2. The molecule has 0 atom stereocenters. The number of para-hydroxylation sites is 1. The summed E-state index contributed by atoms with van der Waals surface area (Å²) in [6, 6.07) is 46.0. The molecule has 0 aliphatic carbocycles. The van der Waals surface area contributed by atoms with Crippen molar-refractivity contribution in [3.05, 3.63) is 133 Å². The third-order valence-corrected chi connectivity index (χ3v) is 8.44. The second kappa shape index (κ2) is 9.26. The average Bonchev–Trinajstić information content (AvgIpc) is 3.56. The highest BCUT2D eigenvalue weighted by atomic mass is 32.1. The molecule has 0 aliphatic rings. The maximum absolute atomic E-state index is 4.97. The third kappa shape index (κ3) is 3.71. The summed E-state index contributed by atoms with van der Waals surface area (Å²) in [4.78, 5) is 14.8. The molecule has 0 N–H and O–H groups in total. The smallest absolute Gasteiger partial charge is 0.164 e. The van der Waals surface area contributed by atoms with Gasteiger partial charge in [-0.25, -0.2) is 15.0 Å². The highest BCUT2D eigenvalue weighted by Gasteiger charge is 2.19. The first-order chi connectivity index (χ1) is 19.8. The van der Waals surface area contributed by atoms with Crippen LogP contribution < -0.4 is 0 Å². The van der Waals surface area contributed by atoms with E-state index >= 15 is 0 Å². The Balaban J connectivity index is 1.40. The van der Waals surface area contributed by atoms with Gasteiger partial charge in [0, 0.05) is 37.9 Å². The minimum absolute atomic E-state index is 0.656. The molecule has 0 spiro atoms. The largest absolute Gasteiger partial charge is 0.308 e. The summed E-state index contributed by atoms with van der Waals surface area (Å²) in [5, 5.41) is 2.49. The number of nitrogens with zero attached hydrogens (tertiary/aromatic N) is 4. The second-order valence-electron chi connectivity index (χ2n) is 9.72. The molecule has 188 valence electrons. The van der Waals surface area contributed by atoms with Gasteiger partial charge in [-0.3, -0.25) is 0 Å². The van der Waals surface area contributed by atoms with Gasteiger partial charge in [-0.05, 0) is 24.3 Å². The highest BCUT2D eigenvalue weighted by molar-refractivity contribution is 7.26. The van der Waals surface area contributed by atoms with Crippen LogP contribution in [0.3, 0.4) is 0 Å². The van der Waals surface area contributed by atoms with Crippen molar-refractivity contribution in [3.63, 3.8) is 0 Å². The Morgan fingerprint density at radius 1 is 0.475 bits per heavy atom. The first-order valence-electron chi connectivity index (χ1n) is 13.2. The SMILES string of the molecule is c1ccc(-c2nc(-c3ccccc3)nc(-c3ccc4c5sc6ccccc6c5n(-c5ccccc5)c4c3)n2)cc1. The molecular weight excluding hydrogens is 508 g/mol. The Kier molecular flexibility index (Phi) is 5.28. The van der Waals surface area contributed by atoms with E-state index in [1.165, 1.54) is 25.7 Å². The molecule has 0 aliphatic heterocycles. The van der Waals surface area contributed by atoms with E-state index in [0.29, 0.717) is 17.5 Å². The van der Waals surface area contributed by atoms with E-state index in [1.807, 2.05) is 72.0 Å².